The maximum Gasteiger partial charge on any atom is 0.102 e. The maximum absolute atomic E-state index is 4.26. The summed E-state index contributed by atoms with van der Waals surface area (Å²) in [6.45, 7) is 6.23. The Morgan fingerprint density at radius 1 is 1.50 bits per heavy atom. The van der Waals surface area contributed by atoms with Crippen molar-refractivity contribution in [1.29, 1.82) is 0 Å². The molecule has 2 rings (SSSR count). The topological polar surface area (TPSA) is 42.7 Å². The quantitative estimate of drug-likeness (QED) is 0.774. The normalized spacial score (nSPS) is 22.6. The molecule has 0 aliphatic carbocycles. The number of rotatable bonds is 2. The predicted molar refractivity (Wildman–Crippen MR) is 55.0 cm³/mol. The molecule has 2 heterocycles. The summed E-state index contributed by atoms with van der Waals surface area (Å²) in [7, 11) is 0. The second kappa shape index (κ2) is 4.09. The minimum atomic E-state index is 0.434. The Balaban J connectivity index is 2.18. The van der Waals surface area contributed by atoms with Crippen molar-refractivity contribution in [2.45, 2.75) is 45.7 Å². The molecule has 78 valence electrons. The monoisotopic (exact) mass is 194 g/mol. The summed E-state index contributed by atoms with van der Waals surface area (Å²) in [5.74, 6) is 0. The maximum atomic E-state index is 4.26. The van der Waals surface area contributed by atoms with Crippen LogP contribution in [0.15, 0.2) is 0 Å². The second-order valence-corrected chi connectivity index (χ2v) is 3.88. The minimum absolute atomic E-state index is 0.434. The first kappa shape index (κ1) is 9.65. The molecular weight excluding hydrogens is 176 g/mol. The van der Waals surface area contributed by atoms with Gasteiger partial charge >= 0.3 is 0 Å². The Hall–Kier alpha value is -0.900. The van der Waals surface area contributed by atoms with Crippen molar-refractivity contribution in [1.82, 2.24) is 20.3 Å². The Morgan fingerprint density at radius 2 is 2.36 bits per heavy atom. The van der Waals surface area contributed by atoms with Gasteiger partial charge in [-0.25, -0.2) is 4.68 Å². The molecule has 0 saturated carbocycles. The third-order valence-electron chi connectivity index (χ3n) is 2.96. The standard InChI is InChI=1S/C10H18N4/c1-3-14-8(2)10(12-13-14)9-6-4-5-7-11-9/h9,11H,3-7H2,1-2H3. The van der Waals surface area contributed by atoms with Gasteiger partial charge in [0.2, 0.25) is 0 Å². The largest absolute Gasteiger partial charge is 0.309 e. The van der Waals surface area contributed by atoms with E-state index >= 15 is 0 Å². The number of piperidine rings is 1. The first-order valence-electron chi connectivity index (χ1n) is 5.46. The van der Waals surface area contributed by atoms with Crippen LogP contribution in [0.1, 0.15) is 43.6 Å². The first-order valence-corrected chi connectivity index (χ1v) is 5.46. The van der Waals surface area contributed by atoms with Gasteiger partial charge in [-0.05, 0) is 33.2 Å². The average Bonchev–Trinajstić information content (AvgIpc) is 2.61. The highest BCUT2D eigenvalue weighted by Crippen LogP contribution is 2.23. The van der Waals surface area contributed by atoms with Crippen LogP contribution in [0.3, 0.4) is 0 Å². The van der Waals surface area contributed by atoms with Gasteiger partial charge in [0, 0.05) is 6.54 Å². The lowest BCUT2D eigenvalue weighted by atomic mass is 10.0. The summed E-state index contributed by atoms with van der Waals surface area (Å²) in [6.07, 6.45) is 3.79. The lowest BCUT2D eigenvalue weighted by molar-refractivity contribution is 0.403. The van der Waals surface area contributed by atoms with Crippen molar-refractivity contribution in [2.24, 2.45) is 0 Å². The Labute approximate surface area is 84.7 Å². The highest BCUT2D eigenvalue weighted by molar-refractivity contribution is 5.13. The van der Waals surface area contributed by atoms with Crippen LogP contribution in [0, 0.1) is 6.92 Å². The molecule has 0 bridgehead atoms. The number of hydrogen-bond donors (Lipinski definition) is 1. The second-order valence-electron chi connectivity index (χ2n) is 3.88. The minimum Gasteiger partial charge on any atom is -0.309 e. The molecule has 0 spiro atoms. The number of aryl methyl sites for hydroxylation is 1. The lowest BCUT2D eigenvalue weighted by Gasteiger charge is -2.21. The highest BCUT2D eigenvalue weighted by Gasteiger charge is 2.20. The first-order chi connectivity index (χ1) is 6.83. The van der Waals surface area contributed by atoms with Gasteiger partial charge in [0.25, 0.3) is 0 Å². The molecule has 1 fully saturated rings. The van der Waals surface area contributed by atoms with E-state index in [2.05, 4.69) is 29.5 Å². The zero-order valence-corrected chi connectivity index (χ0v) is 8.95. The van der Waals surface area contributed by atoms with Crippen LogP contribution in [0.2, 0.25) is 0 Å². The molecule has 0 amide bonds. The van der Waals surface area contributed by atoms with Crippen molar-refractivity contribution in [2.75, 3.05) is 6.54 Å². The SMILES string of the molecule is CCn1nnc(C2CCCCN2)c1C. The Kier molecular flexibility index (Phi) is 2.82. The van der Waals surface area contributed by atoms with Crippen LogP contribution < -0.4 is 5.32 Å². The summed E-state index contributed by atoms with van der Waals surface area (Å²) in [6, 6.07) is 0.434. The molecule has 0 aromatic carbocycles. The van der Waals surface area contributed by atoms with E-state index in [1.165, 1.54) is 25.0 Å². The van der Waals surface area contributed by atoms with Crippen LogP contribution in [0.5, 0.6) is 0 Å². The van der Waals surface area contributed by atoms with E-state index < -0.39 is 0 Å². The molecule has 1 aliphatic heterocycles. The Morgan fingerprint density at radius 3 is 2.93 bits per heavy atom. The van der Waals surface area contributed by atoms with Crippen molar-refractivity contribution < 1.29 is 0 Å². The van der Waals surface area contributed by atoms with Crippen molar-refractivity contribution in [3.05, 3.63) is 11.4 Å². The molecule has 4 heteroatoms. The van der Waals surface area contributed by atoms with E-state index in [0.29, 0.717) is 6.04 Å². The van der Waals surface area contributed by atoms with Crippen LogP contribution in [-0.4, -0.2) is 21.5 Å². The van der Waals surface area contributed by atoms with Gasteiger partial charge in [0.15, 0.2) is 0 Å². The van der Waals surface area contributed by atoms with Gasteiger partial charge in [-0.3, -0.25) is 0 Å². The van der Waals surface area contributed by atoms with Crippen LogP contribution in [0.4, 0.5) is 0 Å². The molecule has 1 aromatic heterocycles. The fourth-order valence-electron chi connectivity index (χ4n) is 2.08. The number of nitrogens with one attached hydrogen (secondary N) is 1. The van der Waals surface area contributed by atoms with E-state index in [-0.39, 0.29) is 0 Å². The summed E-state index contributed by atoms with van der Waals surface area (Å²) in [4.78, 5) is 0. The number of hydrogen-bond acceptors (Lipinski definition) is 3. The molecule has 1 N–H and O–H groups in total. The van der Waals surface area contributed by atoms with Gasteiger partial charge in [-0.15, -0.1) is 5.10 Å². The van der Waals surface area contributed by atoms with Crippen LogP contribution in [0.25, 0.3) is 0 Å². The molecule has 1 saturated heterocycles. The van der Waals surface area contributed by atoms with Crippen LogP contribution >= 0.6 is 0 Å². The average molecular weight is 194 g/mol. The lowest BCUT2D eigenvalue weighted by Crippen LogP contribution is -2.27. The zero-order valence-electron chi connectivity index (χ0n) is 8.95. The number of nitrogens with zero attached hydrogens (tertiary/aromatic N) is 3. The van der Waals surface area contributed by atoms with Gasteiger partial charge < -0.3 is 5.32 Å². The van der Waals surface area contributed by atoms with E-state index in [1.54, 1.807) is 0 Å². The van der Waals surface area contributed by atoms with Crippen LogP contribution in [-0.2, 0) is 6.54 Å². The molecule has 1 aliphatic rings. The molecule has 4 nitrogen and oxygen atoms in total. The fraction of sp³-hybridized carbons (Fsp3) is 0.800. The van der Waals surface area contributed by atoms with Gasteiger partial charge in [0.1, 0.15) is 5.69 Å². The highest BCUT2D eigenvalue weighted by atomic mass is 15.4. The van der Waals surface area contributed by atoms with E-state index in [9.17, 15) is 0 Å². The van der Waals surface area contributed by atoms with Gasteiger partial charge in [-0.2, -0.15) is 0 Å². The summed E-state index contributed by atoms with van der Waals surface area (Å²) >= 11 is 0. The third kappa shape index (κ3) is 1.66. The number of aromatic nitrogens is 3. The fourth-order valence-corrected chi connectivity index (χ4v) is 2.08. The summed E-state index contributed by atoms with van der Waals surface area (Å²) in [5.41, 5.74) is 2.36. The van der Waals surface area contributed by atoms with Gasteiger partial charge in [-0.1, -0.05) is 11.6 Å². The molecule has 1 unspecified atom stereocenters. The predicted octanol–water partition coefficient (Wildman–Crippen LogP) is 1.42. The summed E-state index contributed by atoms with van der Waals surface area (Å²) < 4.78 is 1.96. The van der Waals surface area contributed by atoms with E-state index in [0.717, 1.165) is 18.8 Å². The van der Waals surface area contributed by atoms with Crippen molar-refractivity contribution >= 4 is 0 Å². The molecule has 0 radical (unpaired) electrons. The molecular formula is C10H18N4. The summed E-state index contributed by atoms with van der Waals surface area (Å²) in [5, 5.41) is 11.9. The molecule has 1 atom stereocenters. The van der Waals surface area contributed by atoms with Crippen molar-refractivity contribution in [3.8, 4) is 0 Å². The smallest absolute Gasteiger partial charge is 0.102 e. The van der Waals surface area contributed by atoms with Crippen molar-refractivity contribution in [3.63, 3.8) is 0 Å². The van der Waals surface area contributed by atoms with Gasteiger partial charge in [0.05, 0.1) is 11.7 Å². The van der Waals surface area contributed by atoms with E-state index in [4.69, 9.17) is 0 Å². The zero-order chi connectivity index (χ0) is 9.97. The van der Waals surface area contributed by atoms with E-state index in [1.807, 2.05) is 4.68 Å². The Bertz CT molecular complexity index is 299. The molecule has 1 aromatic rings. The molecule has 14 heavy (non-hydrogen) atoms. The third-order valence-corrected chi connectivity index (χ3v) is 2.96.